The summed E-state index contributed by atoms with van der Waals surface area (Å²) in [5.74, 6) is -0.215. The predicted molar refractivity (Wildman–Crippen MR) is 69.6 cm³/mol. The lowest BCUT2D eigenvalue weighted by atomic mass is 9.95. The molecule has 0 aromatic heterocycles. The Bertz CT molecular complexity index is 257. The Labute approximate surface area is 105 Å². The molecule has 4 heteroatoms. The van der Waals surface area contributed by atoms with Crippen LogP contribution >= 0.6 is 0 Å². The third-order valence-corrected chi connectivity index (χ3v) is 2.50. The van der Waals surface area contributed by atoms with E-state index in [0.29, 0.717) is 6.54 Å². The minimum absolute atomic E-state index is 0.103. The van der Waals surface area contributed by atoms with E-state index in [1.54, 1.807) is 6.92 Å². The van der Waals surface area contributed by atoms with E-state index in [9.17, 15) is 9.59 Å². The van der Waals surface area contributed by atoms with Crippen LogP contribution in [0.5, 0.6) is 0 Å². The lowest BCUT2D eigenvalue weighted by Crippen LogP contribution is -2.48. The Hall–Kier alpha value is -1.06. The first kappa shape index (κ1) is 15.9. The lowest BCUT2D eigenvalue weighted by molar-refractivity contribution is -0.133. The second-order valence-corrected chi connectivity index (χ2v) is 5.44. The fraction of sp³-hybridized carbons (Fsp3) is 0.846. The molecule has 0 spiro atoms. The molecule has 1 unspecified atom stereocenters. The molecule has 0 aromatic rings. The highest BCUT2D eigenvalue weighted by molar-refractivity contribution is 5.89. The van der Waals surface area contributed by atoms with E-state index in [4.69, 9.17) is 0 Å². The maximum absolute atomic E-state index is 11.7. The van der Waals surface area contributed by atoms with Crippen LogP contribution in [0.2, 0.25) is 0 Å². The highest BCUT2D eigenvalue weighted by atomic mass is 16.2. The van der Waals surface area contributed by atoms with Crippen LogP contribution in [0.15, 0.2) is 0 Å². The molecule has 0 aromatic carbocycles. The van der Waals surface area contributed by atoms with Crippen molar-refractivity contribution < 1.29 is 9.59 Å². The predicted octanol–water partition coefficient (Wildman–Crippen LogP) is 1.84. The van der Waals surface area contributed by atoms with Gasteiger partial charge in [0.1, 0.15) is 6.04 Å². The van der Waals surface area contributed by atoms with Crippen LogP contribution in [-0.2, 0) is 9.59 Å². The first-order chi connectivity index (χ1) is 7.79. The van der Waals surface area contributed by atoms with Crippen LogP contribution in [0, 0.1) is 5.41 Å². The highest BCUT2D eigenvalue weighted by Crippen LogP contribution is 2.12. The quantitative estimate of drug-likeness (QED) is 0.698. The monoisotopic (exact) mass is 242 g/mol. The van der Waals surface area contributed by atoms with Crippen molar-refractivity contribution in [3.8, 4) is 0 Å². The standard InChI is InChI=1S/C13H26N2O2/c1-6-7-8-9-14-11(16)10(2)15-12(17)13(3,4)5/h10H,6-9H2,1-5H3,(H,14,16)(H,15,17). The van der Waals surface area contributed by atoms with Crippen molar-refractivity contribution in [3.05, 3.63) is 0 Å². The molecular weight excluding hydrogens is 216 g/mol. The fourth-order valence-corrected chi connectivity index (χ4v) is 1.22. The van der Waals surface area contributed by atoms with E-state index < -0.39 is 11.5 Å². The van der Waals surface area contributed by atoms with Gasteiger partial charge in [0.2, 0.25) is 11.8 Å². The summed E-state index contributed by atoms with van der Waals surface area (Å²) in [6.45, 7) is 9.99. The van der Waals surface area contributed by atoms with E-state index >= 15 is 0 Å². The van der Waals surface area contributed by atoms with E-state index in [1.165, 1.54) is 0 Å². The van der Waals surface area contributed by atoms with Gasteiger partial charge in [-0.3, -0.25) is 9.59 Å². The summed E-state index contributed by atoms with van der Waals surface area (Å²) in [5.41, 5.74) is -0.462. The number of carbonyl (C=O) groups excluding carboxylic acids is 2. The SMILES string of the molecule is CCCCCNC(=O)C(C)NC(=O)C(C)(C)C. The summed E-state index contributed by atoms with van der Waals surface area (Å²) in [6, 6.07) is -0.469. The normalized spacial score (nSPS) is 13.0. The van der Waals surface area contributed by atoms with Crippen molar-refractivity contribution in [1.29, 1.82) is 0 Å². The molecule has 2 N–H and O–H groups in total. The van der Waals surface area contributed by atoms with Gasteiger partial charge < -0.3 is 10.6 Å². The number of hydrogen-bond donors (Lipinski definition) is 2. The third kappa shape index (κ3) is 6.97. The van der Waals surface area contributed by atoms with Gasteiger partial charge in [-0.1, -0.05) is 40.5 Å². The zero-order valence-corrected chi connectivity index (χ0v) is 11.7. The zero-order valence-electron chi connectivity index (χ0n) is 11.7. The summed E-state index contributed by atoms with van der Waals surface area (Å²) in [5, 5.41) is 5.53. The topological polar surface area (TPSA) is 58.2 Å². The van der Waals surface area contributed by atoms with Crippen molar-refractivity contribution in [1.82, 2.24) is 10.6 Å². The fourth-order valence-electron chi connectivity index (χ4n) is 1.22. The Morgan fingerprint density at radius 1 is 1.18 bits per heavy atom. The molecule has 0 rings (SSSR count). The number of rotatable bonds is 6. The van der Waals surface area contributed by atoms with Crippen molar-refractivity contribution in [2.75, 3.05) is 6.54 Å². The zero-order chi connectivity index (χ0) is 13.5. The Kier molecular flexibility index (Phi) is 6.85. The molecule has 2 amide bonds. The number of amides is 2. The van der Waals surface area contributed by atoms with Gasteiger partial charge in [-0.25, -0.2) is 0 Å². The largest absolute Gasteiger partial charge is 0.354 e. The molecule has 1 atom stereocenters. The van der Waals surface area contributed by atoms with Gasteiger partial charge in [-0.15, -0.1) is 0 Å². The van der Waals surface area contributed by atoms with Crippen molar-refractivity contribution >= 4 is 11.8 Å². The molecule has 100 valence electrons. The minimum Gasteiger partial charge on any atom is -0.354 e. The van der Waals surface area contributed by atoms with Crippen molar-refractivity contribution in [3.63, 3.8) is 0 Å². The summed E-state index contributed by atoms with van der Waals surface area (Å²) in [7, 11) is 0. The number of carbonyl (C=O) groups is 2. The summed E-state index contributed by atoms with van der Waals surface area (Å²) < 4.78 is 0. The average molecular weight is 242 g/mol. The molecule has 0 radical (unpaired) electrons. The summed E-state index contributed by atoms with van der Waals surface area (Å²) in [6.07, 6.45) is 3.23. The van der Waals surface area contributed by atoms with Crippen LogP contribution < -0.4 is 10.6 Å². The number of unbranched alkanes of at least 4 members (excludes halogenated alkanes) is 2. The van der Waals surface area contributed by atoms with Gasteiger partial charge >= 0.3 is 0 Å². The van der Waals surface area contributed by atoms with Gasteiger partial charge in [0, 0.05) is 12.0 Å². The van der Waals surface area contributed by atoms with E-state index in [-0.39, 0.29) is 11.8 Å². The van der Waals surface area contributed by atoms with Gasteiger partial charge in [-0.05, 0) is 13.3 Å². The van der Waals surface area contributed by atoms with Crippen molar-refractivity contribution in [2.24, 2.45) is 5.41 Å². The van der Waals surface area contributed by atoms with Crippen LogP contribution in [-0.4, -0.2) is 24.4 Å². The molecule has 4 nitrogen and oxygen atoms in total. The van der Waals surface area contributed by atoms with Gasteiger partial charge in [-0.2, -0.15) is 0 Å². The van der Waals surface area contributed by atoms with Crippen LogP contribution in [0.4, 0.5) is 0 Å². The molecule has 17 heavy (non-hydrogen) atoms. The van der Waals surface area contributed by atoms with Crippen LogP contribution in [0.1, 0.15) is 53.9 Å². The van der Waals surface area contributed by atoms with E-state index in [0.717, 1.165) is 19.3 Å². The maximum atomic E-state index is 11.7. The van der Waals surface area contributed by atoms with E-state index in [1.807, 2.05) is 20.8 Å². The van der Waals surface area contributed by atoms with Gasteiger partial charge in [0.15, 0.2) is 0 Å². The smallest absolute Gasteiger partial charge is 0.242 e. The highest BCUT2D eigenvalue weighted by Gasteiger charge is 2.24. The molecule has 0 aliphatic carbocycles. The summed E-state index contributed by atoms with van der Waals surface area (Å²) in [4.78, 5) is 23.3. The minimum atomic E-state index is -0.469. The number of nitrogens with one attached hydrogen (secondary N) is 2. The van der Waals surface area contributed by atoms with Crippen LogP contribution in [0.3, 0.4) is 0 Å². The molecule has 0 heterocycles. The molecule has 0 aliphatic heterocycles. The molecule has 0 fully saturated rings. The number of hydrogen-bond acceptors (Lipinski definition) is 2. The van der Waals surface area contributed by atoms with E-state index in [2.05, 4.69) is 17.6 Å². The molecule has 0 bridgehead atoms. The third-order valence-electron chi connectivity index (χ3n) is 2.50. The summed E-state index contributed by atoms with van der Waals surface area (Å²) >= 11 is 0. The van der Waals surface area contributed by atoms with Crippen LogP contribution in [0.25, 0.3) is 0 Å². The van der Waals surface area contributed by atoms with Gasteiger partial charge in [0.25, 0.3) is 0 Å². The molecular formula is C13H26N2O2. The molecule has 0 saturated heterocycles. The first-order valence-electron chi connectivity index (χ1n) is 6.37. The second-order valence-electron chi connectivity index (χ2n) is 5.44. The molecule has 0 aliphatic rings. The molecule has 0 saturated carbocycles. The van der Waals surface area contributed by atoms with Gasteiger partial charge in [0.05, 0.1) is 0 Å². The Morgan fingerprint density at radius 3 is 2.24 bits per heavy atom. The maximum Gasteiger partial charge on any atom is 0.242 e. The second kappa shape index (κ2) is 7.30. The Morgan fingerprint density at radius 2 is 1.76 bits per heavy atom. The first-order valence-corrected chi connectivity index (χ1v) is 6.37. The Balaban J connectivity index is 3.94. The average Bonchev–Trinajstić information content (AvgIpc) is 2.22. The lowest BCUT2D eigenvalue weighted by Gasteiger charge is -2.21. The van der Waals surface area contributed by atoms with Crippen molar-refractivity contribution in [2.45, 2.75) is 59.9 Å².